The van der Waals surface area contributed by atoms with Gasteiger partial charge in [0.1, 0.15) is 11.6 Å². The molecule has 0 aliphatic heterocycles. The van der Waals surface area contributed by atoms with Crippen LogP contribution in [0.2, 0.25) is 0 Å². The second kappa shape index (κ2) is 7.57. The third-order valence-corrected chi connectivity index (χ3v) is 7.07. The second-order valence-electron chi connectivity index (χ2n) is 8.24. The van der Waals surface area contributed by atoms with Crippen molar-refractivity contribution in [2.24, 2.45) is 5.92 Å². The number of aliphatic carboxylic acids is 1. The first-order valence-electron chi connectivity index (χ1n) is 10.2. The van der Waals surface area contributed by atoms with E-state index in [-0.39, 0.29) is 28.9 Å². The van der Waals surface area contributed by atoms with Gasteiger partial charge in [-0.25, -0.2) is 4.39 Å². The van der Waals surface area contributed by atoms with Crippen LogP contribution in [-0.2, 0) is 4.79 Å². The topological polar surface area (TPSA) is 74.6 Å². The minimum absolute atomic E-state index is 0.0223. The predicted molar refractivity (Wildman–Crippen MR) is 122 cm³/mol. The predicted octanol–water partition coefficient (Wildman–Crippen LogP) is 6.14. The normalized spacial score (nSPS) is 17.4. The Labute approximate surface area is 187 Å². The first-order chi connectivity index (χ1) is 15.3. The molecule has 2 unspecified atom stereocenters. The van der Waals surface area contributed by atoms with Crippen LogP contribution in [0.5, 0.6) is 5.75 Å². The Balaban J connectivity index is 1.62. The molecule has 0 saturated heterocycles. The van der Waals surface area contributed by atoms with Gasteiger partial charge in [0.25, 0.3) is 0 Å². The lowest BCUT2D eigenvalue weighted by Gasteiger charge is -2.08. The van der Waals surface area contributed by atoms with Gasteiger partial charge in [0.15, 0.2) is 0 Å². The number of hydrogen-bond donors (Lipinski definition) is 2. The van der Waals surface area contributed by atoms with E-state index in [1.165, 1.54) is 23.5 Å². The molecule has 0 radical (unpaired) electrons. The van der Waals surface area contributed by atoms with Crippen molar-refractivity contribution in [3.05, 3.63) is 88.0 Å². The smallest absolute Gasteiger partial charge is 0.307 e. The van der Waals surface area contributed by atoms with Gasteiger partial charge in [-0.3, -0.25) is 9.59 Å². The molecular weight excluding hydrogens is 427 g/mol. The minimum Gasteiger partial charge on any atom is -0.508 e. The van der Waals surface area contributed by atoms with Crippen LogP contribution in [0, 0.1) is 18.7 Å². The van der Waals surface area contributed by atoms with Crippen LogP contribution in [0.15, 0.2) is 60.7 Å². The first-order valence-corrected chi connectivity index (χ1v) is 11.0. The summed E-state index contributed by atoms with van der Waals surface area (Å²) < 4.78 is 14.7. The molecule has 0 bridgehead atoms. The lowest BCUT2D eigenvalue weighted by Crippen LogP contribution is -2.02. The van der Waals surface area contributed by atoms with Gasteiger partial charge in [-0.15, -0.1) is 11.3 Å². The Morgan fingerprint density at radius 2 is 1.78 bits per heavy atom. The summed E-state index contributed by atoms with van der Waals surface area (Å²) in [6, 6.07) is 16.9. The largest absolute Gasteiger partial charge is 0.508 e. The number of aromatic hydroxyl groups is 1. The molecule has 2 atom stereocenters. The molecule has 6 heteroatoms. The monoisotopic (exact) mass is 446 g/mol. The van der Waals surface area contributed by atoms with Gasteiger partial charge in [-0.1, -0.05) is 24.3 Å². The lowest BCUT2D eigenvalue weighted by molar-refractivity contribution is -0.138. The molecular formula is C26H19FO4S. The number of phenolic OH excluding ortho intramolecular Hbond substituents is 1. The molecule has 1 heterocycles. The Morgan fingerprint density at radius 3 is 2.44 bits per heavy atom. The van der Waals surface area contributed by atoms with Crippen molar-refractivity contribution < 1.29 is 24.2 Å². The lowest BCUT2D eigenvalue weighted by atomic mass is 9.96. The highest BCUT2D eigenvalue weighted by Crippen LogP contribution is 2.48. The minimum atomic E-state index is -0.777. The molecule has 3 aromatic carbocycles. The Bertz CT molecular complexity index is 1370. The van der Waals surface area contributed by atoms with E-state index in [1.54, 1.807) is 31.2 Å². The average molecular weight is 446 g/mol. The van der Waals surface area contributed by atoms with Gasteiger partial charge in [-0.2, -0.15) is 0 Å². The highest BCUT2D eigenvalue weighted by molar-refractivity contribution is 7.21. The number of fused-ring (bicyclic) bond motifs is 1. The standard InChI is InChI=1S/C26H19FO4S/c1-13-8-16(10-17(27)9-13)24(29)25-23(19-7-6-18(28)11-22(19)32-25)15-4-2-14(3-5-15)20-12-21(20)26(30)31/h2-11,20-21,28H,12H2,1H3,(H,30,31). The summed E-state index contributed by atoms with van der Waals surface area (Å²) in [6.07, 6.45) is 0.637. The number of benzene rings is 3. The number of carbonyl (C=O) groups excluding carboxylic acids is 1. The molecule has 4 nitrogen and oxygen atoms in total. The Morgan fingerprint density at radius 1 is 1.03 bits per heavy atom. The molecule has 1 aliphatic carbocycles. The van der Waals surface area contributed by atoms with Gasteiger partial charge >= 0.3 is 5.97 Å². The van der Waals surface area contributed by atoms with Crippen LogP contribution in [0.3, 0.4) is 0 Å². The summed E-state index contributed by atoms with van der Waals surface area (Å²) in [5.41, 5.74) is 3.45. The number of hydrogen-bond acceptors (Lipinski definition) is 4. The van der Waals surface area contributed by atoms with E-state index < -0.39 is 11.8 Å². The van der Waals surface area contributed by atoms with Crippen molar-refractivity contribution in [3.8, 4) is 16.9 Å². The number of halogens is 1. The molecule has 5 rings (SSSR count). The van der Waals surface area contributed by atoms with Crippen molar-refractivity contribution in [2.75, 3.05) is 0 Å². The highest BCUT2D eigenvalue weighted by atomic mass is 32.1. The zero-order chi connectivity index (χ0) is 22.6. The summed E-state index contributed by atoms with van der Waals surface area (Å²) in [6.45, 7) is 1.74. The molecule has 1 fully saturated rings. The zero-order valence-electron chi connectivity index (χ0n) is 17.1. The van der Waals surface area contributed by atoms with Crippen molar-refractivity contribution in [1.82, 2.24) is 0 Å². The zero-order valence-corrected chi connectivity index (χ0v) is 17.9. The van der Waals surface area contributed by atoms with Crippen molar-refractivity contribution >= 4 is 33.2 Å². The maximum absolute atomic E-state index is 14.0. The molecule has 32 heavy (non-hydrogen) atoms. The fourth-order valence-electron chi connectivity index (χ4n) is 4.26. The third kappa shape index (κ3) is 3.56. The average Bonchev–Trinajstić information content (AvgIpc) is 3.47. The van der Waals surface area contributed by atoms with E-state index in [1.807, 2.05) is 24.3 Å². The number of rotatable bonds is 5. The number of carboxylic acid groups (broad SMARTS) is 1. The number of carboxylic acids is 1. The highest BCUT2D eigenvalue weighted by Gasteiger charge is 2.44. The van der Waals surface area contributed by atoms with Crippen LogP contribution in [-0.4, -0.2) is 22.0 Å². The molecule has 160 valence electrons. The Hall–Kier alpha value is -3.51. The SMILES string of the molecule is Cc1cc(F)cc(C(=O)c2sc3cc(O)ccc3c2-c2ccc(C3CC3C(=O)O)cc2)c1. The molecule has 1 aliphatic rings. The molecule has 1 aromatic heterocycles. The number of thiophene rings is 1. The number of phenols is 1. The first kappa shape index (κ1) is 20.4. The third-order valence-electron chi connectivity index (χ3n) is 5.92. The van der Waals surface area contributed by atoms with Crippen molar-refractivity contribution in [2.45, 2.75) is 19.3 Å². The van der Waals surface area contributed by atoms with Gasteiger partial charge in [0, 0.05) is 21.2 Å². The maximum atomic E-state index is 14.0. The molecule has 4 aromatic rings. The summed E-state index contributed by atoms with van der Waals surface area (Å²) in [5, 5.41) is 19.9. The molecule has 1 saturated carbocycles. The molecule has 0 amide bonds. The Kier molecular flexibility index (Phi) is 4.82. The summed E-state index contributed by atoms with van der Waals surface area (Å²) in [7, 11) is 0. The van der Waals surface area contributed by atoms with Crippen molar-refractivity contribution in [3.63, 3.8) is 0 Å². The van der Waals surface area contributed by atoms with Crippen LogP contribution in [0.25, 0.3) is 21.2 Å². The number of aryl methyl sites for hydroxylation is 1. The van der Waals surface area contributed by atoms with Gasteiger partial charge < -0.3 is 10.2 Å². The van der Waals surface area contributed by atoms with Crippen LogP contribution >= 0.6 is 11.3 Å². The second-order valence-corrected chi connectivity index (χ2v) is 9.29. The maximum Gasteiger partial charge on any atom is 0.307 e. The fraction of sp³-hybridized carbons (Fsp3) is 0.154. The van der Waals surface area contributed by atoms with Crippen LogP contribution < -0.4 is 0 Å². The van der Waals surface area contributed by atoms with E-state index in [0.29, 0.717) is 16.9 Å². The fourth-order valence-corrected chi connectivity index (χ4v) is 5.48. The van der Waals surface area contributed by atoms with E-state index in [9.17, 15) is 24.2 Å². The van der Waals surface area contributed by atoms with E-state index in [4.69, 9.17) is 0 Å². The number of ketones is 1. The molecule has 0 spiro atoms. The van der Waals surface area contributed by atoms with Gasteiger partial charge in [0.05, 0.1) is 10.8 Å². The van der Waals surface area contributed by atoms with Crippen LogP contribution in [0.1, 0.15) is 38.7 Å². The van der Waals surface area contributed by atoms with Crippen LogP contribution in [0.4, 0.5) is 4.39 Å². The van der Waals surface area contributed by atoms with Crippen molar-refractivity contribution in [1.29, 1.82) is 0 Å². The quantitative estimate of drug-likeness (QED) is 0.361. The van der Waals surface area contributed by atoms with E-state index in [0.717, 1.165) is 26.8 Å². The summed E-state index contributed by atoms with van der Waals surface area (Å²) >= 11 is 1.27. The van der Waals surface area contributed by atoms with Gasteiger partial charge in [-0.05, 0) is 72.4 Å². The summed E-state index contributed by atoms with van der Waals surface area (Å²) in [5.74, 6) is -1.72. The van der Waals surface area contributed by atoms with E-state index in [2.05, 4.69) is 0 Å². The van der Waals surface area contributed by atoms with Gasteiger partial charge in [0.2, 0.25) is 5.78 Å². The summed E-state index contributed by atoms with van der Waals surface area (Å²) in [4.78, 5) is 25.1. The van der Waals surface area contributed by atoms with E-state index >= 15 is 0 Å². The number of carbonyl (C=O) groups is 2. The molecule has 2 N–H and O–H groups in total.